The van der Waals surface area contributed by atoms with Crippen molar-refractivity contribution < 1.29 is 21.8 Å². The second-order valence-corrected chi connectivity index (χ2v) is 9.44. The van der Waals surface area contributed by atoms with Crippen LogP contribution < -0.4 is 0 Å². The van der Waals surface area contributed by atoms with Crippen LogP contribution in [0.25, 0.3) is 22.6 Å². The lowest BCUT2D eigenvalue weighted by molar-refractivity contribution is -0.137. The molecule has 0 radical (unpaired) electrons. The summed E-state index contributed by atoms with van der Waals surface area (Å²) in [6.07, 6.45) is -3.12. The normalized spacial score (nSPS) is 17.6. The number of nitrogens with zero attached hydrogens (tertiary/aromatic N) is 2. The SMILES string of the molecule is CCS(=N)(=O)c1cc(C2(C#N)CC2)ccc1-c1nc2cc(C(F)(F)F)ccc2o1. The van der Waals surface area contributed by atoms with E-state index in [2.05, 4.69) is 11.1 Å². The van der Waals surface area contributed by atoms with Gasteiger partial charge in [-0.2, -0.15) is 18.4 Å². The third-order valence-corrected chi connectivity index (χ3v) is 7.07. The molecule has 1 unspecified atom stereocenters. The molecule has 1 aromatic heterocycles. The molecular formula is C20H16F3N3O2S. The van der Waals surface area contributed by atoms with E-state index in [0.29, 0.717) is 18.4 Å². The number of nitrogens with one attached hydrogen (secondary N) is 1. The fraction of sp³-hybridized carbons (Fsp3) is 0.300. The highest BCUT2D eigenvalue weighted by Gasteiger charge is 2.45. The first-order chi connectivity index (χ1) is 13.6. The van der Waals surface area contributed by atoms with Crippen molar-refractivity contribution in [3.63, 3.8) is 0 Å². The molecule has 4 rings (SSSR count). The van der Waals surface area contributed by atoms with Gasteiger partial charge in [0.25, 0.3) is 0 Å². The lowest BCUT2D eigenvalue weighted by Crippen LogP contribution is -2.08. The molecule has 2 aromatic carbocycles. The average molecular weight is 419 g/mol. The Hall–Kier alpha value is -2.86. The number of fused-ring (bicyclic) bond motifs is 1. The predicted octanol–water partition coefficient (Wildman–Crippen LogP) is 5.49. The van der Waals surface area contributed by atoms with Crippen LogP contribution in [-0.2, 0) is 21.3 Å². The molecule has 1 aliphatic carbocycles. The van der Waals surface area contributed by atoms with Gasteiger partial charge >= 0.3 is 6.18 Å². The number of oxazole rings is 1. The Bertz CT molecular complexity index is 1270. The molecule has 0 saturated heterocycles. The number of benzene rings is 2. The molecule has 1 saturated carbocycles. The summed E-state index contributed by atoms with van der Waals surface area (Å²) >= 11 is 0. The number of aromatic nitrogens is 1. The van der Waals surface area contributed by atoms with Gasteiger partial charge in [0.05, 0.1) is 37.2 Å². The quantitative estimate of drug-likeness (QED) is 0.605. The maximum absolute atomic E-state index is 13.0. The Labute approximate surface area is 165 Å². The van der Waals surface area contributed by atoms with Crippen LogP contribution >= 0.6 is 0 Å². The number of rotatable bonds is 4. The Morgan fingerprint density at radius 3 is 2.59 bits per heavy atom. The van der Waals surface area contributed by atoms with Crippen LogP contribution in [0.1, 0.15) is 30.9 Å². The van der Waals surface area contributed by atoms with Gasteiger partial charge in [-0.05, 0) is 48.7 Å². The molecule has 9 heteroatoms. The van der Waals surface area contributed by atoms with Gasteiger partial charge < -0.3 is 4.42 Å². The van der Waals surface area contributed by atoms with E-state index in [0.717, 1.165) is 12.1 Å². The molecule has 1 heterocycles. The lowest BCUT2D eigenvalue weighted by Gasteiger charge is -2.13. The standard InChI is InChI=1S/C20H16F3N3O2S/c1-2-29(25,27)17-10-12(19(11-24)7-8-19)3-5-14(17)18-26-15-9-13(20(21,22)23)4-6-16(15)28-18/h3-6,9-10,25H,2,7-8H2,1H3. The number of hydrogen-bond acceptors (Lipinski definition) is 5. The number of alkyl halides is 3. The zero-order chi connectivity index (χ0) is 21.0. The summed E-state index contributed by atoms with van der Waals surface area (Å²) < 4.78 is 65.7. The van der Waals surface area contributed by atoms with Gasteiger partial charge in [0, 0.05) is 5.75 Å². The summed E-state index contributed by atoms with van der Waals surface area (Å²) in [6.45, 7) is 1.62. The van der Waals surface area contributed by atoms with E-state index in [9.17, 15) is 22.6 Å². The maximum atomic E-state index is 13.0. The fourth-order valence-corrected chi connectivity index (χ4v) is 4.37. The Kier molecular flexibility index (Phi) is 4.24. The van der Waals surface area contributed by atoms with E-state index in [4.69, 9.17) is 9.20 Å². The first-order valence-electron chi connectivity index (χ1n) is 8.90. The van der Waals surface area contributed by atoms with Crippen LogP contribution in [0.4, 0.5) is 13.2 Å². The topological polar surface area (TPSA) is 90.7 Å². The maximum Gasteiger partial charge on any atom is 0.416 e. The molecule has 0 spiro atoms. The van der Waals surface area contributed by atoms with Crippen LogP contribution in [0.5, 0.6) is 0 Å². The van der Waals surface area contributed by atoms with Crippen molar-refractivity contribution in [2.75, 3.05) is 5.75 Å². The first kappa shape index (κ1) is 19.5. The van der Waals surface area contributed by atoms with Crippen molar-refractivity contribution in [1.29, 1.82) is 10.0 Å². The highest BCUT2D eigenvalue weighted by molar-refractivity contribution is 7.92. The van der Waals surface area contributed by atoms with Gasteiger partial charge in [0.15, 0.2) is 5.58 Å². The van der Waals surface area contributed by atoms with Crippen molar-refractivity contribution in [2.45, 2.75) is 36.3 Å². The lowest BCUT2D eigenvalue weighted by atomic mass is 9.96. The van der Waals surface area contributed by atoms with E-state index >= 15 is 0 Å². The van der Waals surface area contributed by atoms with Crippen LogP contribution in [0, 0.1) is 16.1 Å². The van der Waals surface area contributed by atoms with Gasteiger partial charge in [-0.3, -0.25) is 0 Å². The Morgan fingerprint density at radius 1 is 1.28 bits per heavy atom. The zero-order valence-corrected chi connectivity index (χ0v) is 16.2. The van der Waals surface area contributed by atoms with E-state index in [1.807, 2.05) is 0 Å². The molecule has 29 heavy (non-hydrogen) atoms. The van der Waals surface area contributed by atoms with Crippen molar-refractivity contribution in [3.8, 4) is 17.5 Å². The first-order valence-corrected chi connectivity index (χ1v) is 10.6. The van der Waals surface area contributed by atoms with Gasteiger partial charge in [0.1, 0.15) is 5.52 Å². The molecule has 1 aliphatic rings. The summed E-state index contributed by atoms with van der Waals surface area (Å²) in [4.78, 5) is 4.33. The smallest absolute Gasteiger partial charge is 0.416 e. The van der Waals surface area contributed by atoms with Crippen LogP contribution in [0.3, 0.4) is 0 Å². The summed E-state index contributed by atoms with van der Waals surface area (Å²) in [5.41, 5.74) is -0.320. The molecule has 0 amide bonds. The minimum absolute atomic E-state index is 0.00361. The molecule has 3 aromatic rings. The summed E-state index contributed by atoms with van der Waals surface area (Å²) in [5, 5.41) is 9.44. The fourth-order valence-electron chi connectivity index (χ4n) is 3.23. The molecule has 150 valence electrons. The average Bonchev–Trinajstić information content (AvgIpc) is 3.38. The van der Waals surface area contributed by atoms with Gasteiger partial charge in [-0.15, -0.1) is 0 Å². The Morgan fingerprint density at radius 2 is 2.00 bits per heavy atom. The Balaban J connectivity index is 1.89. The molecular weight excluding hydrogens is 403 g/mol. The summed E-state index contributed by atoms with van der Waals surface area (Å²) in [7, 11) is -3.20. The third-order valence-electron chi connectivity index (χ3n) is 5.21. The van der Waals surface area contributed by atoms with E-state index in [1.165, 1.54) is 6.07 Å². The molecule has 1 atom stereocenters. The monoisotopic (exact) mass is 419 g/mol. The van der Waals surface area contributed by atoms with Crippen molar-refractivity contribution in [1.82, 2.24) is 4.98 Å². The summed E-state index contributed by atoms with van der Waals surface area (Å²) in [5.74, 6) is 0.0395. The zero-order valence-electron chi connectivity index (χ0n) is 15.3. The molecule has 5 nitrogen and oxygen atoms in total. The second kappa shape index (κ2) is 6.32. The van der Waals surface area contributed by atoms with Gasteiger partial charge in [-0.25, -0.2) is 14.0 Å². The molecule has 0 bridgehead atoms. The van der Waals surface area contributed by atoms with Gasteiger partial charge in [-0.1, -0.05) is 13.0 Å². The second-order valence-electron chi connectivity index (χ2n) is 7.07. The largest absolute Gasteiger partial charge is 0.436 e. The highest BCUT2D eigenvalue weighted by Crippen LogP contribution is 2.48. The van der Waals surface area contributed by atoms with Crippen LogP contribution in [-0.4, -0.2) is 14.9 Å². The third kappa shape index (κ3) is 3.27. The molecule has 0 aliphatic heterocycles. The highest BCUT2D eigenvalue weighted by atomic mass is 32.2. The molecule has 1 fully saturated rings. The summed E-state index contributed by atoms with van der Waals surface area (Å²) in [6, 6.07) is 10.1. The van der Waals surface area contributed by atoms with Crippen molar-refractivity contribution in [3.05, 3.63) is 47.5 Å². The van der Waals surface area contributed by atoms with E-state index in [-0.39, 0.29) is 33.2 Å². The number of hydrogen-bond donors (Lipinski definition) is 1. The van der Waals surface area contributed by atoms with E-state index < -0.39 is 26.9 Å². The minimum atomic E-state index is -4.51. The van der Waals surface area contributed by atoms with E-state index in [1.54, 1.807) is 25.1 Å². The van der Waals surface area contributed by atoms with Crippen molar-refractivity contribution >= 4 is 20.8 Å². The molecule has 1 N–H and O–H groups in total. The van der Waals surface area contributed by atoms with Crippen LogP contribution in [0.2, 0.25) is 0 Å². The number of halogens is 3. The van der Waals surface area contributed by atoms with Crippen LogP contribution in [0.15, 0.2) is 45.7 Å². The minimum Gasteiger partial charge on any atom is -0.436 e. The van der Waals surface area contributed by atoms with Gasteiger partial charge in [0.2, 0.25) is 5.89 Å². The number of nitriles is 1. The van der Waals surface area contributed by atoms with Crippen molar-refractivity contribution in [2.24, 2.45) is 0 Å². The predicted molar refractivity (Wildman–Crippen MR) is 101 cm³/mol.